The summed E-state index contributed by atoms with van der Waals surface area (Å²) >= 11 is 0. The lowest BCUT2D eigenvalue weighted by molar-refractivity contribution is 0.661. The lowest BCUT2D eigenvalue weighted by Gasteiger charge is -2.21. The number of para-hydroxylation sites is 1. The van der Waals surface area contributed by atoms with E-state index in [1.54, 1.807) is 0 Å². The van der Waals surface area contributed by atoms with Crippen molar-refractivity contribution in [2.75, 3.05) is 0 Å². The molecule has 3 heterocycles. The highest BCUT2D eigenvalue weighted by Crippen LogP contribution is 2.51. The molecule has 1 aliphatic carbocycles. The van der Waals surface area contributed by atoms with Crippen LogP contribution in [0.3, 0.4) is 0 Å². The molecular weight excluding hydrogens is 695 g/mol. The molecule has 8 aromatic carbocycles. The predicted molar refractivity (Wildman–Crippen MR) is 234 cm³/mol. The second-order valence-corrected chi connectivity index (χ2v) is 15.7. The fourth-order valence-corrected chi connectivity index (χ4v) is 9.46. The van der Waals surface area contributed by atoms with E-state index in [0.29, 0.717) is 17.7 Å². The van der Waals surface area contributed by atoms with Crippen LogP contribution in [-0.2, 0) is 5.41 Å². The smallest absolute Gasteiger partial charge is 0.240 e. The van der Waals surface area contributed by atoms with Gasteiger partial charge in [0.1, 0.15) is 0 Å². The minimum atomic E-state index is -0.122. The summed E-state index contributed by atoms with van der Waals surface area (Å²) in [6, 6.07) is 62.9. The molecule has 0 aliphatic heterocycles. The molecule has 0 spiro atoms. The molecular formula is C52H35N5. The highest BCUT2D eigenvalue weighted by molar-refractivity contribution is 6.21. The average Bonchev–Trinajstić information content (AvgIpc) is 3.86. The Balaban J connectivity index is 1.20. The van der Waals surface area contributed by atoms with Gasteiger partial charge in [-0.1, -0.05) is 159 Å². The van der Waals surface area contributed by atoms with Crippen molar-refractivity contribution in [1.29, 1.82) is 0 Å². The molecule has 0 unspecified atom stereocenters. The normalized spacial score (nSPS) is 13.2. The largest absolute Gasteiger partial charge is 0.278 e. The van der Waals surface area contributed by atoms with E-state index < -0.39 is 0 Å². The molecule has 0 saturated heterocycles. The van der Waals surface area contributed by atoms with Gasteiger partial charge >= 0.3 is 0 Å². The maximum Gasteiger partial charge on any atom is 0.240 e. The second-order valence-electron chi connectivity index (χ2n) is 15.7. The Morgan fingerprint density at radius 2 is 1.04 bits per heavy atom. The number of hydrogen-bond acceptors (Lipinski definition) is 3. The van der Waals surface area contributed by atoms with Crippen LogP contribution in [-0.4, -0.2) is 24.1 Å². The van der Waals surface area contributed by atoms with Crippen molar-refractivity contribution in [3.63, 3.8) is 0 Å². The van der Waals surface area contributed by atoms with Gasteiger partial charge < -0.3 is 0 Å². The Morgan fingerprint density at radius 1 is 0.386 bits per heavy atom. The molecule has 0 atom stereocenters. The van der Waals surface area contributed by atoms with Crippen molar-refractivity contribution in [3.05, 3.63) is 187 Å². The van der Waals surface area contributed by atoms with E-state index in [4.69, 9.17) is 15.0 Å². The molecule has 0 amide bonds. The number of benzene rings is 8. The minimum absolute atomic E-state index is 0.122. The van der Waals surface area contributed by atoms with Crippen LogP contribution in [0.25, 0.3) is 99.9 Å². The molecule has 12 rings (SSSR count). The minimum Gasteiger partial charge on any atom is -0.278 e. The monoisotopic (exact) mass is 729 g/mol. The third-order valence-electron chi connectivity index (χ3n) is 12.2. The van der Waals surface area contributed by atoms with Crippen molar-refractivity contribution in [1.82, 2.24) is 24.1 Å². The van der Waals surface area contributed by atoms with E-state index in [2.05, 4.69) is 181 Å². The van der Waals surface area contributed by atoms with Crippen LogP contribution in [0, 0.1) is 0 Å². The topological polar surface area (TPSA) is 48.5 Å². The maximum atomic E-state index is 5.50. The zero-order valence-electron chi connectivity index (χ0n) is 31.5. The van der Waals surface area contributed by atoms with Gasteiger partial charge in [0, 0.05) is 32.5 Å². The first-order chi connectivity index (χ1) is 28.0. The first-order valence-electron chi connectivity index (χ1n) is 19.5. The summed E-state index contributed by atoms with van der Waals surface area (Å²) in [4.78, 5) is 16.2. The van der Waals surface area contributed by atoms with Crippen molar-refractivity contribution in [2.24, 2.45) is 0 Å². The van der Waals surface area contributed by atoms with Crippen molar-refractivity contribution < 1.29 is 0 Å². The van der Waals surface area contributed by atoms with Gasteiger partial charge in [-0.2, -0.15) is 15.0 Å². The van der Waals surface area contributed by atoms with Crippen LogP contribution in [0.5, 0.6) is 0 Å². The van der Waals surface area contributed by atoms with Gasteiger partial charge in [0.2, 0.25) is 11.9 Å². The van der Waals surface area contributed by atoms with E-state index in [9.17, 15) is 0 Å². The van der Waals surface area contributed by atoms with Crippen LogP contribution in [0.4, 0.5) is 0 Å². The summed E-state index contributed by atoms with van der Waals surface area (Å²) in [7, 11) is 0. The molecule has 268 valence electrons. The molecule has 5 heteroatoms. The van der Waals surface area contributed by atoms with E-state index in [1.165, 1.54) is 49.2 Å². The number of aromatic nitrogens is 5. The molecule has 0 N–H and O–H groups in total. The highest BCUT2D eigenvalue weighted by Gasteiger charge is 2.36. The quantitative estimate of drug-likeness (QED) is 0.181. The van der Waals surface area contributed by atoms with Gasteiger partial charge in [0.05, 0.1) is 22.1 Å². The molecule has 0 bridgehead atoms. The van der Waals surface area contributed by atoms with Crippen molar-refractivity contribution >= 4 is 54.4 Å². The van der Waals surface area contributed by atoms with E-state index in [1.807, 2.05) is 18.2 Å². The van der Waals surface area contributed by atoms with Crippen LogP contribution >= 0.6 is 0 Å². The summed E-state index contributed by atoms with van der Waals surface area (Å²) in [6.07, 6.45) is 0. The van der Waals surface area contributed by atoms with E-state index in [0.717, 1.165) is 44.1 Å². The lowest BCUT2D eigenvalue weighted by Crippen LogP contribution is -2.14. The van der Waals surface area contributed by atoms with Crippen molar-refractivity contribution in [2.45, 2.75) is 19.3 Å². The van der Waals surface area contributed by atoms with Crippen LogP contribution < -0.4 is 0 Å². The average molecular weight is 730 g/mol. The fraction of sp³-hybridized carbons (Fsp3) is 0.0577. The van der Waals surface area contributed by atoms with Crippen molar-refractivity contribution in [3.8, 4) is 45.5 Å². The number of fused-ring (bicyclic) bond motifs is 11. The molecule has 3 aromatic heterocycles. The molecule has 1 aliphatic rings. The maximum absolute atomic E-state index is 5.50. The zero-order chi connectivity index (χ0) is 37.8. The molecule has 11 aromatic rings. The Hall–Kier alpha value is -7.37. The molecule has 0 radical (unpaired) electrons. The summed E-state index contributed by atoms with van der Waals surface area (Å²) in [5, 5.41) is 7.08. The first-order valence-corrected chi connectivity index (χ1v) is 19.5. The Kier molecular flexibility index (Phi) is 6.62. The lowest BCUT2D eigenvalue weighted by atomic mass is 9.82. The van der Waals surface area contributed by atoms with Gasteiger partial charge in [0.15, 0.2) is 5.82 Å². The Morgan fingerprint density at radius 3 is 1.84 bits per heavy atom. The van der Waals surface area contributed by atoms with Gasteiger partial charge in [-0.05, 0) is 74.5 Å². The first kappa shape index (κ1) is 31.9. The number of rotatable bonds is 4. The summed E-state index contributed by atoms with van der Waals surface area (Å²) in [5.41, 5.74) is 12.5. The zero-order valence-corrected chi connectivity index (χ0v) is 31.5. The molecule has 0 saturated carbocycles. The van der Waals surface area contributed by atoms with E-state index in [-0.39, 0.29) is 5.41 Å². The SMILES string of the molecule is CC1(C)c2ccccc2-c2cc3c(cc21)c1ccccc1n3-c1nc(-c2ccccc2)nc(-n2c3cc(-c4ccccc4)ccc3c3c4ccccc4ccc32)n1. The molecule has 57 heavy (non-hydrogen) atoms. The van der Waals surface area contributed by atoms with Crippen LogP contribution in [0.1, 0.15) is 25.0 Å². The Labute approximate surface area is 329 Å². The van der Waals surface area contributed by atoms with Crippen LogP contribution in [0.15, 0.2) is 176 Å². The standard InChI is InChI=1S/C52H35N5/c1-52(2)42-23-13-11-21-37(42)40-31-47-41(30-43(40)52)38-22-12-14-24-44(38)56(47)50-53-49(34-18-7-4-8-19-34)54-51(55-50)57-45-28-26-33-17-9-10-20-36(33)48(45)39-27-25-35(29-46(39)57)32-15-5-3-6-16-32/h3-31H,1-2H3. The Bertz CT molecular complexity index is 3430. The van der Waals surface area contributed by atoms with Gasteiger partial charge in [-0.25, -0.2) is 0 Å². The van der Waals surface area contributed by atoms with Gasteiger partial charge in [0.25, 0.3) is 0 Å². The number of hydrogen-bond donors (Lipinski definition) is 0. The van der Waals surface area contributed by atoms with Gasteiger partial charge in [-0.15, -0.1) is 0 Å². The van der Waals surface area contributed by atoms with Crippen LogP contribution in [0.2, 0.25) is 0 Å². The molecule has 0 fully saturated rings. The van der Waals surface area contributed by atoms with Gasteiger partial charge in [-0.3, -0.25) is 9.13 Å². The third-order valence-corrected chi connectivity index (χ3v) is 12.2. The second kappa shape index (κ2) is 11.8. The molecule has 5 nitrogen and oxygen atoms in total. The number of nitrogens with zero attached hydrogens (tertiary/aromatic N) is 5. The summed E-state index contributed by atoms with van der Waals surface area (Å²) in [6.45, 7) is 4.68. The highest BCUT2D eigenvalue weighted by atomic mass is 15.3. The summed E-state index contributed by atoms with van der Waals surface area (Å²) < 4.78 is 4.49. The summed E-state index contributed by atoms with van der Waals surface area (Å²) in [5.74, 6) is 1.76. The fourth-order valence-electron chi connectivity index (χ4n) is 9.46. The third kappa shape index (κ3) is 4.60. The van der Waals surface area contributed by atoms with E-state index >= 15 is 0 Å². The predicted octanol–water partition coefficient (Wildman–Crippen LogP) is 12.9.